The second-order valence-corrected chi connectivity index (χ2v) is 1.98. The van der Waals surface area contributed by atoms with E-state index in [2.05, 4.69) is 4.74 Å². The lowest BCUT2D eigenvalue weighted by Gasteiger charge is -1.90. The SMILES string of the molecule is COC(=O)/C(Cl)=C\I. The summed E-state index contributed by atoms with van der Waals surface area (Å²) < 4.78 is 5.71. The Hall–Kier alpha value is 0.230. The monoisotopic (exact) mass is 246 g/mol. The largest absolute Gasteiger partial charge is 0.465 e. The van der Waals surface area contributed by atoms with Crippen molar-refractivity contribution < 1.29 is 9.53 Å². The van der Waals surface area contributed by atoms with Gasteiger partial charge in [-0.15, -0.1) is 0 Å². The highest BCUT2D eigenvalue weighted by atomic mass is 127. The van der Waals surface area contributed by atoms with Crippen LogP contribution in [0.25, 0.3) is 0 Å². The number of hydrogen-bond donors (Lipinski definition) is 0. The second-order valence-electron chi connectivity index (χ2n) is 0.949. The lowest BCUT2D eigenvalue weighted by molar-refractivity contribution is -0.135. The van der Waals surface area contributed by atoms with Gasteiger partial charge in [0, 0.05) is 4.08 Å². The summed E-state index contributed by atoms with van der Waals surface area (Å²) in [5.41, 5.74) is 0. The van der Waals surface area contributed by atoms with Crippen LogP contribution >= 0.6 is 34.2 Å². The van der Waals surface area contributed by atoms with E-state index in [4.69, 9.17) is 11.6 Å². The summed E-state index contributed by atoms with van der Waals surface area (Å²) in [6.07, 6.45) is 0. The molecule has 0 aromatic heterocycles. The maximum atomic E-state index is 10.3. The van der Waals surface area contributed by atoms with E-state index >= 15 is 0 Å². The molecule has 2 nitrogen and oxygen atoms in total. The van der Waals surface area contributed by atoms with Crippen molar-refractivity contribution in [3.8, 4) is 0 Å². The molecule has 46 valence electrons. The van der Waals surface area contributed by atoms with E-state index in [-0.39, 0.29) is 5.03 Å². The Bertz CT molecular complexity index is 121. The molecule has 0 rings (SSSR count). The molecule has 0 spiro atoms. The third kappa shape index (κ3) is 2.52. The van der Waals surface area contributed by atoms with Crippen molar-refractivity contribution >= 4 is 40.2 Å². The number of esters is 1. The number of halogens is 2. The first-order valence-electron chi connectivity index (χ1n) is 1.76. The average Bonchev–Trinajstić information content (AvgIpc) is 1.84. The molecule has 0 N–H and O–H groups in total. The summed E-state index contributed by atoms with van der Waals surface area (Å²) in [6, 6.07) is 0. The minimum atomic E-state index is -0.499. The van der Waals surface area contributed by atoms with Crippen LogP contribution in [0.4, 0.5) is 0 Å². The van der Waals surface area contributed by atoms with Crippen molar-refractivity contribution in [2.75, 3.05) is 7.11 Å². The third-order valence-electron chi connectivity index (χ3n) is 0.476. The molecule has 0 aliphatic carbocycles. The number of methoxy groups -OCH3 is 1. The molecule has 0 atom stereocenters. The summed E-state index contributed by atoms with van der Waals surface area (Å²) in [5, 5.41) is 0.105. The zero-order chi connectivity index (χ0) is 6.57. The Morgan fingerprint density at radius 1 is 1.88 bits per heavy atom. The minimum Gasteiger partial charge on any atom is -0.465 e. The van der Waals surface area contributed by atoms with Crippen LogP contribution in [0.5, 0.6) is 0 Å². The first-order chi connectivity index (χ1) is 3.72. The van der Waals surface area contributed by atoms with Gasteiger partial charge in [-0.25, -0.2) is 4.79 Å². The average molecular weight is 246 g/mol. The van der Waals surface area contributed by atoms with Crippen LogP contribution in [0, 0.1) is 0 Å². The van der Waals surface area contributed by atoms with Crippen molar-refractivity contribution in [2.45, 2.75) is 0 Å². The Morgan fingerprint density at radius 2 is 2.38 bits per heavy atom. The van der Waals surface area contributed by atoms with Gasteiger partial charge in [-0.05, 0) is 0 Å². The standard InChI is InChI=1S/C4H4ClIO2/c1-8-4(7)3(5)2-6/h2H,1H3/b3-2+. The van der Waals surface area contributed by atoms with Crippen molar-refractivity contribution in [1.82, 2.24) is 0 Å². The van der Waals surface area contributed by atoms with E-state index in [9.17, 15) is 4.79 Å². The zero-order valence-electron chi connectivity index (χ0n) is 4.15. The van der Waals surface area contributed by atoms with E-state index in [1.807, 2.05) is 22.6 Å². The lowest BCUT2D eigenvalue weighted by atomic mass is 10.7. The third-order valence-corrected chi connectivity index (χ3v) is 1.73. The molecule has 0 saturated heterocycles. The molecule has 0 aromatic rings. The van der Waals surface area contributed by atoms with E-state index < -0.39 is 5.97 Å². The van der Waals surface area contributed by atoms with Gasteiger partial charge in [0.2, 0.25) is 0 Å². The molecule has 0 bridgehead atoms. The highest BCUT2D eigenvalue weighted by Crippen LogP contribution is 2.05. The van der Waals surface area contributed by atoms with Gasteiger partial charge in [0.1, 0.15) is 5.03 Å². The predicted molar refractivity (Wildman–Crippen MR) is 40.0 cm³/mol. The van der Waals surface area contributed by atoms with E-state index in [1.54, 1.807) is 0 Å². The maximum absolute atomic E-state index is 10.3. The molecule has 4 heteroatoms. The van der Waals surface area contributed by atoms with E-state index in [0.717, 1.165) is 0 Å². The maximum Gasteiger partial charge on any atom is 0.349 e. The molecular weight excluding hydrogens is 242 g/mol. The van der Waals surface area contributed by atoms with Crippen LogP contribution in [0.1, 0.15) is 0 Å². The predicted octanol–water partition coefficient (Wildman–Crippen LogP) is 1.67. The van der Waals surface area contributed by atoms with Crippen LogP contribution < -0.4 is 0 Å². The fraction of sp³-hybridized carbons (Fsp3) is 0.250. The van der Waals surface area contributed by atoms with Crippen LogP contribution in [-0.2, 0) is 9.53 Å². The van der Waals surface area contributed by atoms with Crippen LogP contribution in [-0.4, -0.2) is 13.1 Å². The van der Waals surface area contributed by atoms with Crippen LogP contribution in [0.15, 0.2) is 9.12 Å². The van der Waals surface area contributed by atoms with Gasteiger partial charge in [0.05, 0.1) is 7.11 Å². The molecule has 0 aliphatic rings. The van der Waals surface area contributed by atoms with Gasteiger partial charge in [0.15, 0.2) is 0 Å². The fourth-order valence-electron chi connectivity index (χ4n) is 0.142. The van der Waals surface area contributed by atoms with Gasteiger partial charge in [-0.1, -0.05) is 34.2 Å². The highest BCUT2D eigenvalue weighted by molar-refractivity contribution is 14.1. The van der Waals surface area contributed by atoms with Crippen molar-refractivity contribution in [2.24, 2.45) is 0 Å². The molecule has 0 saturated carbocycles. The molecule has 0 unspecified atom stereocenters. The number of rotatable bonds is 1. The van der Waals surface area contributed by atoms with Crippen LogP contribution in [0.2, 0.25) is 0 Å². The molecule has 8 heavy (non-hydrogen) atoms. The van der Waals surface area contributed by atoms with E-state index in [0.29, 0.717) is 0 Å². The number of hydrogen-bond acceptors (Lipinski definition) is 2. The van der Waals surface area contributed by atoms with Crippen molar-refractivity contribution in [3.05, 3.63) is 9.12 Å². The smallest absolute Gasteiger partial charge is 0.349 e. The molecular formula is C4H4ClIO2. The molecule has 0 aliphatic heterocycles. The Balaban J connectivity index is 3.83. The zero-order valence-corrected chi connectivity index (χ0v) is 7.06. The molecule has 0 amide bonds. The van der Waals surface area contributed by atoms with E-state index in [1.165, 1.54) is 11.2 Å². The van der Waals surface area contributed by atoms with Gasteiger partial charge in [-0.3, -0.25) is 0 Å². The summed E-state index contributed by atoms with van der Waals surface area (Å²) in [4.78, 5) is 10.3. The number of carbonyl (C=O) groups excluding carboxylic acids is 1. The first-order valence-corrected chi connectivity index (χ1v) is 3.39. The fourth-order valence-corrected chi connectivity index (χ4v) is 0.473. The molecule has 0 radical (unpaired) electrons. The first kappa shape index (κ1) is 8.23. The Kier molecular flexibility index (Phi) is 4.26. The summed E-state index contributed by atoms with van der Waals surface area (Å²) >= 11 is 7.15. The van der Waals surface area contributed by atoms with Crippen molar-refractivity contribution in [3.63, 3.8) is 0 Å². The van der Waals surface area contributed by atoms with Gasteiger partial charge >= 0.3 is 5.97 Å². The van der Waals surface area contributed by atoms with Crippen molar-refractivity contribution in [1.29, 1.82) is 0 Å². The number of ether oxygens (including phenoxy) is 1. The minimum absolute atomic E-state index is 0.105. The normalized spacial score (nSPS) is 11.1. The lowest BCUT2D eigenvalue weighted by Crippen LogP contribution is -1.97. The second kappa shape index (κ2) is 4.14. The summed E-state index contributed by atoms with van der Waals surface area (Å²) in [7, 11) is 1.28. The highest BCUT2D eigenvalue weighted by Gasteiger charge is 2.02. The topological polar surface area (TPSA) is 26.3 Å². The quantitative estimate of drug-likeness (QED) is 0.400. The van der Waals surface area contributed by atoms with Gasteiger partial charge in [-0.2, -0.15) is 0 Å². The van der Waals surface area contributed by atoms with Gasteiger partial charge in [0.25, 0.3) is 0 Å². The van der Waals surface area contributed by atoms with Crippen LogP contribution in [0.3, 0.4) is 0 Å². The number of carbonyl (C=O) groups is 1. The summed E-state index contributed by atoms with van der Waals surface area (Å²) in [6.45, 7) is 0. The Labute approximate surface area is 66.0 Å². The molecule has 0 fully saturated rings. The molecule has 0 heterocycles. The molecule has 0 aromatic carbocycles. The summed E-state index contributed by atoms with van der Waals surface area (Å²) in [5.74, 6) is -0.499. The van der Waals surface area contributed by atoms with Gasteiger partial charge < -0.3 is 4.74 Å². The Morgan fingerprint density at radius 3 is 2.50 bits per heavy atom.